The van der Waals surface area contributed by atoms with E-state index in [1.807, 2.05) is 0 Å². The van der Waals surface area contributed by atoms with Crippen LogP contribution < -0.4 is 11.1 Å². The minimum atomic E-state index is 0.0193. The highest BCUT2D eigenvalue weighted by Crippen LogP contribution is 2.17. The average molecular weight is 234 g/mol. The van der Waals surface area contributed by atoms with Crippen molar-refractivity contribution in [1.82, 2.24) is 19.7 Å². The van der Waals surface area contributed by atoms with Gasteiger partial charge < -0.3 is 16.2 Å². The molecule has 0 atom stereocenters. The largest absolute Gasteiger partial charge is 0.392 e. The molecule has 4 N–H and O–H groups in total. The van der Waals surface area contributed by atoms with E-state index in [4.69, 9.17) is 10.8 Å². The Morgan fingerprint density at radius 3 is 3.06 bits per heavy atom. The van der Waals surface area contributed by atoms with Gasteiger partial charge in [0.1, 0.15) is 5.82 Å². The monoisotopic (exact) mass is 234 g/mol. The van der Waals surface area contributed by atoms with Crippen molar-refractivity contribution in [3.63, 3.8) is 0 Å². The van der Waals surface area contributed by atoms with E-state index in [2.05, 4.69) is 20.4 Å². The van der Waals surface area contributed by atoms with E-state index in [0.717, 1.165) is 5.39 Å². The van der Waals surface area contributed by atoms with E-state index in [-0.39, 0.29) is 6.61 Å². The van der Waals surface area contributed by atoms with Crippen LogP contribution in [0.4, 0.5) is 11.8 Å². The molecule has 2 rings (SSSR count). The molecule has 0 aliphatic rings. The molecular weight excluding hydrogens is 220 g/mol. The summed E-state index contributed by atoms with van der Waals surface area (Å²) in [4.78, 5) is 8.41. The topological polar surface area (TPSA) is 102 Å². The zero-order chi connectivity index (χ0) is 12.3. The van der Waals surface area contributed by atoms with Crippen LogP contribution in [-0.4, -0.2) is 38.0 Å². The molecule has 7 nitrogen and oxygen atoms in total. The second-order valence-corrected chi connectivity index (χ2v) is 3.47. The molecule has 90 valence electrons. The second-order valence-electron chi connectivity index (χ2n) is 3.47. The standard InChI is InChI=1S/C10H14N6O/c1-16-9-7(6-13-16)8(11)14-10(15-9)12-4-2-3-5-17/h2-3,6,17H,4-5H2,1H3,(H3,11,12,14,15). The van der Waals surface area contributed by atoms with Crippen molar-refractivity contribution in [3.8, 4) is 0 Å². The molecule has 0 amide bonds. The summed E-state index contributed by atoms with van der Waals surface area (Å²) < 4.78 is 1.64. The highest BCUT2D eigenvalue weighted by molar-refractivity contribution is 5.86. The van der Waals surface area contributed by atoms with Crippen molar-refractivity contribution >= 4 is 22.8 Å². The smallest absolute Gasteiger partial charge is 0.226 e. The summed E-state index contributed by atoms with van der Waals surface area (Å²) in [5.41, 5.74) is 6.48. The summed E-state index contributed by atoms with van der Waals surface area (Å²) in [5, 5.41) is 16.4. The number of aromatic nitrogens is 4. The lowest BCUT2D eigenvalue weighted by atomic mass is 10.4. The van der Waals surface area contributed by atoms with Crippen LogP contribution in [0.3, 0.4) is 0 Å². The lowest BCUT2D eigenvalue weighted by Gasteiger charge is -2.03. The van der Waals surface area contributed by atoms with E-state index in [1.165, 1.54) is 0 Å². The Bertz CT molecular complexity index is 547. The van der Waals surface area contributed by atoms with E-state index in [0.29, 0.717) is 24.0 Å². The van der Waals surface area contributed by atoms with Crippen LogP contribution in [0.25, 0.3) is 11.0 Å². The zero-order valence-corrected chi connectivity index (χ0v) is 9.46. The van der Waals surface area contributed by atoms with Gasteiger partial charge in [-0.1, -0.05) is 12.2 Å². The number of aliphatic hydroxyl groups is 1. The first-order chi connectivity index (χ1) is 8.22. The summed E-state index contributed by atoms with van der Waals surface area (Å²) >= 11 is 0. The minimum Gasteiger partial charge on any atom is -0.392 e. The van der Waals surface area contributed by atoms with E-state index in [1.54, 1.807) is 30.1 Å². The van der Waals surface area contributed by atoms with Gasteiger partial charge in [0.25, 0.3) is 0 Å². The van der Waals surface area contributed by atoms with Gasteiger partial charge in [-0.25, -0.2) is 0 Å². The molecule has 0 bridgehead atoms. The number of rotatable bonds is 4. The molecule has 0 aliphatic heterocycles. The molecule has 0 saturated carbocycles. The number of aliphatic hydroxyl groups excluding tert-OH is 1. The Labute approximate surface area is 98.0 Å². The highest BCUT2D eigenvalue weighted by atomic mass is 16.2. The maximum Gasteiger partial charge on any atom is 0.226 e. The van der Waals surface area contributed by atoms with Gasteiger partial charge >= 0.3 is 0 Å². The lowest BCUT2D eigenvalue weighted by molar-refractivity contribution is 0.342. The molecule has 2 aromatic rings. The molecule has 0 radical (unpaired) electrons. The summed E-state index contributed by atoms with van der Waals surface area (Å²) in [6.45, 7) is 0.550. The van der Waals surface area contributed by atoms with Gasteiger partial charge in [0.15, 0.2) is 5.65 Å². The second kappa shape index (κ2) is 4.79. The number of fused-ring (bicyclic) bond motifs is 1. The molecular formula is C10H14N6O. The lowest BCUT2D eigenvalue weighted by Crippen LogP contribution is -2.06. The Kier molecular flexibility index (Phi) is 3.20. The van der Waals surface area contributed by atoms with Gasteiger partial charge in [-0.2, -0.15) is 15.1 Å². The molecule has 0 aromatic carbocycles. The number of nitrogens with zero attached hydrogens (tertiary/aromatic N) is 4. The van der Waals surface area contributed by atoms with Gasteiger partial charge in [-0.3, -0.25) is 4.68 Å². The summed E-state index contributed by atoms with van der Waals surface area (Å²) in [6.07, 6.45) is 5.06. The van der Waals surface area contributed by atoms with Gasteiger partial charge in [-0.15, -0.1) is 0 Å². The van der Waals surface area contributed by atoms with Crippen molar-refractivity contribution in [2.75, 3.05) is 24.2 Å². The van der Waals surface area contributed by atoms with Crippen LogP contribution in [-0.2, 0) is 7.05 Å². The number of nitrogen functional groups attached to an aromatic ring is 1. The van der Waals surface area contributed by atoms with E-state index in [9.17, 15) is 0 Å². The Balaban J connectivity index is 2.23. The average Bonchev–Trinajstić information content (AvgIpc) is 2.68. The van der Waals surface area contributed by atoms with Crippen molar-refractivity contribution in [1.29, 1.82) is 0 Å². The molecule has 2 aromatic heterocycles. The van der Waals surface area contributed by atoms with Gasteiger partial charge in [0.05, 0.1) is 18.2 Å². The van der Waals surface area contributed by atoms with Crippen LogP contribution in [0.2, 0.25) is 0 Å². The Hall–Kier alpha value is -2.15. The molecule has 0 fully saturated rings. The first-order valence-electron chi connectivity index (χ1n) is 5.17. The first-order valence-corrected chi connectivity index (χ1v) is 5.17. The van der Waals surface area contributed by atoms with Crippen molar-refractivity contribution in [2.24, 2.45) is 7.05 Å². The summed E-state index contributed by atoms with van der Waals surface area (Å²) in [7, 11) is 1.80. The van der Waals surface area contributed by atoms with Crippen LogP contribution in [0.1, 0.15) is 0 Å². The molecule has 7 heteroatoms. The third-order valence-corrected chi connectivity index (χ3v) is 2.27. The molecule has 0 spiro atoms. The van der Waals surface area contributed by atoms with Crippen LogP contribution in [0.15, 0.2) is 18.3 Å². The van der Waals surface area contributed by atoms with E-state index >= 15 is 0 Å². The maximum absolute atomic E-state index is 8.58. The van der Waals surface area contributed by atoms with Crippen molar-refractivity contribution in [3.05, 3.63) is 18.3 Å². The van der Waals surface area contributed by atoms with Crippen LogP contribution in [0, 0.1) is 0 Å². The van der Waals surface area contributed by atoms with Crippen molar-refractivity contribution in [2.45, 2.75) is 0 Å². The fourth-order valence-electron chi connectivity index (χ4n) is 1.43. The summed E-state index contributed by atoms with van der Waals surface area (Å²) in [5.74, 6) is 0.845. The molecule has 2 heterocycles. The predicted molar refractivity (Wildman–Crippen MR) is 65.4 cm³/mol. The van der Waals surface area contributed by atoms with Crippen LogP contribution >= 0.6 is 0 Å². The quantitative estimate of drug-likeness (QED) is 0.639. The van der Waals surface area contributed by atoms with Crippen molar-refractivity contribution < 1.29 is 5.11 Å². The number of anilines is 2. The SMILES string of the molecule is Cn1ncc2c(N)nc(NCC=CCO)nc21. The fraction of sp³-hybridized carbons (Fsp3) is 0.300. The molecule has 17 heavy (non-hydrogen) atoms. The molecule has 0 saturated heterocycles. The Morgan fingerprint density at radius 2 is 2.29 bits per heavy atom. The number of nitrogens with two attached hydrogens (primary N) is 1. The van der Waals surface area contributed by atoms with Gasteiger partial charge in [0, 0.05) is 13.6 Å². The highest BCUT2D eigenvalue weighted by Gasteiger charge is 2.08. The third kappa shape index (κ3) is 2.34. The maximum atomic E-state index is 8.58. The third-order valence-electron chi connectivity index (χ3n) is 2.27. The fourth-order valence-corrected chi connectivity index (χ4v) is 1.43. The molecule has 0 unspecified atom stereocenters. The van der Waals surface area contributed by atoms with Gasteiger partial charge in [0.2, 0.25) is 5.95 Å². The van der Waals surface area contributed by atoms with Crippen LogP contribution in [0.5, 0.6) is 0 Å². The number of aryl methyl sites for hydroxylation is 1. The first kappa shape index (κ1) is 11.3. The number of nitrogens with one attached hydrogen (secondary N) is 1. The zero-order valence-electron chi connectivity index (χ0n) is 9.46. The van der Waals surface area contributed by atoms with E-state index < -0.39 is 0 Å². The molecule has 0 aliphatic carbocycles. The number of hydrogen-bond donors (Lipinski definition) is 3. The van der Waals surface area contributed by atoms with Gasteiger partial charge in [-0.05, 0) is 0 Å². The Morgan fingerprint density at radius 1 is 1.47 bits per heavy atom. The minimum absolute atomic E-state index is 0.0193. The number of hydrogen-bond acceptors (Lipinski definition) is 6. The normalized spacial score (nSPS) is 11.4. The summed E-state index contributed by atoms with van der Waals surface area (Å²) in [6, 6.07) is 0. The predicted octanol–water partition coefficient (Wildman–Crippen LogP) is -0.0941.